The fourth-order valence-electron chi connectivity index (χ4n) is 3.20. The van der Waals surface area contributed by atoms with Crippen LogP contribution in [0.25, 0.3) is 10.2 Å². The molecule has 2 N–H and O–H groups in total. The molecule has 0 aliphatic carbocycles. The van der Waals surface area contributed by atoms with Crippen molar-refractivity contribution in [3.8, 4) is 11.5 Å². The number of rotatable bonds is 5. The minimum atomic E-state index is -1.91. The number of hydrogen-bond acceptors (Lipinski definition) is 9. The van der Waals surface area contributed by atoms with Crippen molar-refractivity contribution >= 4 is 40.4 Å². The van der Waals surface area contributed by atoms with Crippen LogP contribution >= 0.6 is 11.3 Å². The third-order valence-corrected chi connectivity index (χ3v) is 5.52. The topological polar surface area (TPSA) is 100 Å². The van der Waals surface area contributed by atoms with Gasteiger partial charge in [0.1, 0.15) is 12.1 Å². The van der Waals surface area contributed by atoms with Crippen LogP contribution in [0.3, 0.4) is 0 Å². The van der Waals surface area contributed by atoms with Crippen molar-refractivity contribution in [3.05, 3.63) is 41.5 Å². The van der Waals surface area contributed by atoms with Crippen LogP contribution in [0.15, 0.2) is 41.1 Å². The van der Waals surface area contributed by atoms with E-state index in [2.05, 4.69) is 16.9 Å². The summed E-state index contributed by atoms with van der Waals surface area (Å²) in [5.74, 6) is 1.46. The number of nitrogens with zero attached hydrogens (tertiary/aromatic N) is 4. The molecule has 1 unspecified atom stereocenters. The number of anilines is 1. The predicted octanol–water partition coefficient (Wildman–Crippen LogP) is 2.44. The van der Waals surface area contributed by atoms with E-state index in [1.54, 1.807) is 29.8 Å². The molecule has 1 aliphatic heterocycles. The summed E-state index contributed by atoms with van der Waals surface area (Å²) >= 11 is 1.60. The van der Waals surface area contributed by atoms with Gasteiger partial charge in [-0.25, -0.2) is 15.0 Å². The van der Waals surface area contributed by atoms with E-state index in [-0.39, 0.29) is 11.8 Å². The molecule has 1 aliphatic rings. The van der Waals surface area contributed by atoms with Gasteiger partial charge in [-0.15, -0.1) is 11.3 Å². The Bertz CT molecular complexity index is 1030. The highest BCUT2D eigenvalue weighted by molar-refractivity contribution is 7.17. The Morgan fingerprint density at radius 2 is 2.07 bits per heavy atom. The third kappa shape index (κ3) is 3.53. The molecule has 0 fully saturated rings. The number of methoxy groups -OCH3 is 1. The number of hydrogen-bond donors (Lipinski definition) is 2. The number of hydrazone groups is 1. The molecule has 3 heterocycles. The zero-order valence-electron chi connectivity index (χ0n) is 15.4. The lowest BCUT2D eigenvalue weighted by molar-refractivity contribution is 0.279. The van der Waals surface area contributed by atoms with E-state index in [1.165, 1.54) is 7.11 Å². The maximum absolute atomic E-state index is 9.04. The first-order valence-electron chi connectivity index (χ1n) is 8.83. The summed E-state index contributed by atoms with van der Waals surface area (Å²) in [6, 6.07) is 7.43. The van der Waals surface area contributed by atoms with Crippen LogP contribution in [0.2, 0.25) is 0 Å². The Morgan fingerprint density at radius 1 is 1.21 bits per heavy atom. The standard InChI is InChI=1S/C18H19BN4O4S/c1-11-3-5-13(12-4-6-15(27-19(24)25)16(9-12)26-2)22-23(11)18-17-14(7-8-28-17)20-10-21-18/h4,6-11,24-25H,3,5H2,1-2H3. The number of fused-ring (bicyclic) bond motifs is 1. The Balaban J connectivity index is 1.72. The summed E-state index contributed by atoms with van der Waals surface area (Å²) in [5, 5.41) is 26.9. The summed E-state index contributed by atoms with van der Waals surface area (Å²) in [6.07, 6.45) is 3.30. The fraction of sp³-hybridized carbons (Fsp3) is 0.278. The average molecular weight is 398 g/mol. The van der Waals surface area contributed by atoms with Crippen molar-refractivity contribution in [2.24, 2.45) is 5.10 Å². The second kappa shape index (κ2) is 7.74. The minimum absolute atomic E-state index is 0.206. The lowest BCUT2D eigenvalue weighted by Crippen LogP contribution is -2.34. The van der Waals surface area contributed by atoms with Gasteiger partial charge in [-0.05, 0) is 49.4 Å². The molecule has 0 bridgehead atoms. The molecule has 144 valence electrons. The van der Waals surface area contributed by atoms with Crippen LogP contribution in [-0.2, 0) is 0 Å². The fourth-order valence-corrected chi connectivity index (χ4v) is 4.03. The Kier molecular flexibility index (Phi) is 5.16. The van der Waals surface area contributed by atoms with Crippen molar-refractivity contribution < 1.29 is 19.4 Å². The number of benzene rings is 1. The predicted molar refractivity (Wildman–Crippen MR) is 109 cm³/mol. The lowest BCUT2D eigenvalue weighted by atomic mass is 10.0. The molecule has 0 spiro atoms. The monoisotopic (exact) mass is 398 g/mol. The van der Waals surface area contributed by atoms with Crippen LogP contribution in [0.1, 0.15) is 25.3 Å². The van der Waals surface area contributed by atoms with Gasteiger partial charge in [0, 0.05) is 5.56 Å². The van der Waals surface area contributed by atoms with Gasteiger partial charge < -0.3 is 19.4 Å². The zero-order chi connectivity index (χ0) is 19.7. The molecule has 28 heavy (non-hydrogen) atoms. The Morgan fingerprint density at radius 3 is 2.86 bits per heavy atom. The van der Waals surface area contributed by atoms with Gasteiger partial charge in [0.05, 0.1) is 29.1 Å². The van der Waals surface area contributed by atoms with E-state index in [0.29, 0.717) is 5.75 Å². The van der Waals surface area contributed by atoms with Gasteiger partial charge in [-0.2, -0.15) is 5.10 Å². The Hall–Kier alpha value is -2.69. The molecule has 1 atom stereocenters. The lowest BCUT2D eigenvalue weighted by Gasteiger charge is -2.31. The second-order valence-corrected chi connectivity index (χ2v) is 7.34. The number of ether oxygens (including phenoxy) is 1. The molecule has 0 radical (unpaired) electrons. The maximum atomic E-state index is 9.04. The summed E-state index contributed by atoms with van der Waals surface area (Å²) in [6.45, 7) is 2.13. The van der Waals surface area contributed by atoms with Crippen LogP contribution < -0.4 is 14.4 Å². The molecule has 0 saturated heterocycles. The molecular formula is C18H19BN4O4S. The Labute approximate surface area is 166 Å². The van der Waals surface area contributed by atoms with E-state index in [0.717, 1.165) is 40.2 Å². The minimum Gasteiger partial charge on any atom is -0.509 e. The van der Waals surface area contributed by atoms with Gasteiger partial charge in [-0.1, -0.05) is 0 Å². The van der Waals surface area contributed by atoms with Gasteiger partial charge >= 0.3 is 7.32 Å². The van der Waals surface area contributed by atoms with E-state index in [9.17, 15) is 0 Å². The van der Waals surface area contributed by atoms with Crippen molar-refractivity contribution in [2.75, 3.05) is 12.1 Å². The first kappa shape index (κ1) is 18.7. The zero-order valence-corrected chi connectivity index (χ0v) is 16.3. The van der Waals surface area contributed by atoms with Gasteiger partial charge in [0.25, 0.3) is 0 Å². The van der Waals surface area contributed by atoms with Crippen LogP contribution in [0, 0.1) is 0 Å². The van der Waals surface area contributed by atoms with Crippen molar-refractivity contribution in [3.63, 3.8) is 0 Å². The van der Waals surface area contributed by atoms with Crippen LogP contribution in [0.5, 0.6) is 11.5 Å². The van der Waals surface area contributed by atoms with Crippen molar-refractivity contribution in [1.82, 2.24) is 9.97 Å². The summed E-state index contributed by atoms with van der Waals surface area (Å²) in [5.41, 5.74) is 2.69. The van der Waals surface area contributed by atoms with Gasteiger partial charge in [0.2, 0.25) is 0 Å². The summed E-state index contributed by atoms with van der Waals surface area (Å²) < 4.78 is 11.3. The van der Waals surface area contributed by atoms with Gasteiger partial charge in [0.15, 0.2) is 11.6 Å². The summed E-state index contributed by atoms with van der Waals surface area (Å²) in [4.78, 5) is 8.79. The highest BCUT2D eigenvalue weighted by Gasteiger charge is 2.25. The molecule has 2 aromatic heterocycles. The highest BCUT2D eigenvalue weighted by atomic mass is 32.1. The van der Waals surface area contributed by atoms with Crippen molar-refractivity contribution in [1.29, 1.82) is 0 Å². The molecular weight excluding hydrogens is 379 g/mol. The molecule has 0 saturated carbocycles. The van der Waals surface area contributed by atoms with E-state index in [4.69, 9.17) is 24.5 Å². The molecule has 3 aromatic rings. The first-order valence-corrected chi connectivity index (χ1v) is 9.71. The van der Waals surface area contributed by atoms with Crippen LogP contribution in [-0.4, -0.2) is 46.2 Å². The SMILES string of the molecule is COc1cc(C2=NN(c3ncnc4ccsc34)C(C)CC2)ccc1OB(O)O. The number of aromatic nitrogens is 2. The largest absolute Gasteiger partial charge is 0.707 e. The van der Waals surface area contributed by atoms with E-state index < -0.39 is 7.32 Å². The van der Waals surface area contributed by atoms with Crippen molar-refractivity contribution in [2.45, 2.75) is 25.8 Å². The smallest absolute Gasteiger partial charge is 0.509 e. The van der Waals surface area contributed by atoms with E-state index >= 15 is 0 Å². The van der Waals surface area contributed by atoms with E-state index in [1.807, 2.05) is 22.5 Å². The summed E-state index contributed by atoms with van der Waals surface area (Å²) in [7, 11) is -0.407. The van der Waals surface area contributed by atoms with Crippen LogP contribution in [0.4, 0.5) is 5.82 Å². The number of thiophene rings is 1. The molecule has 4 rings (SSSR count). The molecule has 8 nitrogen and oxygen atoms in total. The molecule has 10 heteroatoms. The van der Waals surface area contributed by atoms with Gasteiger partial charge in [-0.3, -0.25) is 0 Å². The normalized spacial score (nSPS) is 16.8. The molecule has 0 amide bonds. The average Bonchev–Trinajstić information content (AvgIpc) is 3.17. The second-order valence-electron chi connectivity index (χ2n) is 6.42. The quantitative estimate of drug-likeness (QED) is 0.637. The third-order valence-electron chi connectivity index (χ3n) is 4.62. The maximum Gasteiger partial charge on any atom is 0.707 e. The first-order chi connectivity index (χ1) is 13.6. The highest BCUT2D eigenvalue weighted by Crippen LogP contribution is 2.34. The molecule has 1 aromatic carbocycles.